The van der Waals surface area contributed by atoms with Crippen molar-refractivity contribution in [1.82, 2.24) is 5.32 Å². The molecule has 9 nitrogen and oxygen atoms in total. The van der Waals surface area contributed by atoms with Gasteiger partial charge in [-0.05, 0) is 109 Å². The van der Waals surface area contributed by atoms with Gasteiger partial charge in [0.25, 0.3) is 7.82 Å². The number of phosphoric ester groups is 1. The molecule has 0 aromatic heterocycles. The largest absolute Gasteiger partial charge is 0.756 e. The number of quaternary nitrogens is 1. The van der Waals surface area contributed by atoms with Crippen LogP contribution in [-0.4, -0.2) is 69.4 Å². The van der Waals surface area contributed by atoms with Crippen LogP contribution in [-0.2, 0) is 27.9 Å². The lowest BCUT2D eigenvalue weighted by Gasteiger charge is -2.30. The number of hydrogen-bond donors (Lipinski definition) is 1. The van der Waals surface area contributed by atoms with Crippen molar-refractivity contribution in [3.05, 3.63) is 97.2 Å². The molecule has 0 saturated heterocycles. The van der Waals surface area contributed by atoms with Gasteiger partial charge >= 0.3 is 5.97 Å². The molecule has 0 saturated carbocycles. The van der Waals surface area contributed by atoms with Crippen LogP contribution in [0.25, 0.3) is 0 Å². The number of hydrogen-bond acceptors (Lipinski definition) is 7. The van der Waals surface area contributed by atoms with Crippen molar-refractivity contribution in [3.8, 4) is 0 Å². The predicted octanol–water partition coefficient (Wildman–Crippen LogP) is 22.4. The highest BCUT2D eigenvalue weighted by atomic mass is 31.2. The number of phosphoric acid groups is 1. The van der Waals surface area contributed by atoms with Crippen LogP contribution < -0.4 is 10.2 Å². The quantitative estimate of drug-likeness (QED) is 0.0212. The molecule has 0 fully saturated rings. The Morgan fingerprint density at radius 1 is 0.419 bits per heavy atom. The van der Waals surface area contributed by atoms with Crippen LogP contribution in [0.3, 0.4) is 0 Å². The highest BCUT2D eigenvalue weighted by molar-refractivity contribution is 7.45. The fourth-order valence-electron chi connectivity index (χ4n) is 10.2. The van der Waals surface area contributed by atoms with E-state index in [1.165, 1.54) is 180 Å². The van der Waals surface area contributed by atoms with Crippen molar-refractivity contribution >= 4 is 19.7 Å². The fraction of sp³-hybridized carbons (Fsp3) is 0.763. The molecule has 0 spiro atoms. The molecule has 0 aromatic carbocycles. The molecule has 10 heteroatoms. The van der Waals surface area contributed by atoms with E-state index in [-0.39, 0.29) is 31.3 Å². The average molecular weight is 1220 g/mol. The van der Waals surface area contributed by atoms with Crippen molar-refractivity contribution in [2.75, 3.05) is 40.9 Å². The number of carbonyl (C=O) groups is 2. The molecule has 0 aliphatic rings. The van der Waals surface area contributed by atoms with E-state index in [2.05, 4.69) is 111 Å². The molecule has 0 radical (unpaired) electrons. The summed E-state index contributed by atoms with van der Waals surface area (Å²) in [6, 6.07) is -0.908. The summed E-state index contributed by atoms with van der Waals surface area (Å²) in [5.74, 6) is -0.565. The van der Waals surface area contributed by atoms with Gasteiger partial charge in [0, 0.05) is 12.8 Å². The van der Waals surface area contributed by atoms with Crippen LogP contribution in [0.15, 0.2) is 97.2 Å². The van der Waals surface area contributed by atoms with E-state index in [0.29, 0.717) is 17.4 Å². The second kappa shape index (κ2) is 64.9. The zero-order valence-corrected chi connectivity index (χ0v) is 57.9. The maximum Gasteiger partial charge on any atom is 0.306 e. The Morgan fingerprint density at radius 2 is 0.744 bits per heavy atom. The SMILES string of the molecule is CC/C=C\C/C=C\C/C=C\C/C=C\C/C=C\C/C=C\CCCCCCC(=O)NC(COP(=O)([O-])OCC[N+](C)(C)C)C(/C=C/CCCCCCCCCCCC)OC(=O)CCCCCCCCCCCCCCCCC/C=C/CCCCCCCC. The average Bonchev–Trinajstić information content (AvgIpc) is 3.66. The molecule has 3 unspecified atom stereocenters. The van der Waals surface area contributed by atoms with Gasteiger partial charge in [-0.15, -0.1) is 0 Å². The van der Waals surface area contributed by atoms with Gasteiger partial charge in [-0.25, -0.2) is 0 Å². The van der Waals surface area contributed by atoms with Gasteiger partial charge in [-0.3, -0.25) is 14.2 Å². The summed E-state index contributed by atoms with van der Waals surface area (Å²) >= 11 is 0. The van der Waals surface area contributed by atoms with Crippen molar-refractivity contribution in [3.63, 3.8) is 0 Å². The number of rotatable bonds is 65. The monoisotopic (exact) mass is 1220 g/mol. The smallest absolute Gasteiger partial charge is 0.306 e. The fourth-order valence-corrected chi connectivity index (χ4v) is 11.0. The van der Waals surface area contributed by atoms with E-state index in [1.807, 2.05) is 33.3 Å². The number of allylic oxidation sites excluding steroid dienone is 15. The lowest BCUT2D eigenvalue weighted by atomic mass is 10.0. The van der Waals surface area contributed by atoms with Crippen molar-refractivity contribution in [1.29, 1.82) is 0 Å². The van der Waals surface area contributed by atoms with Gasteiger partial charge in [-0.1, -0.05) is 298 Å². The summed E-state index contributed by atoms with van der Waals surface area (Å²) in [6.45, 7) is 6.73. The molecule has 3 atom stereocenters. The molecule has 498 valence electrons. The Bertz CT molecular complexity index is 1790. The third kappa shape index (κ3) is 65.4. The number of ether oxygens (including phenoxy) is 1. The number of carbonyl (C=O) groups excluding carboxylic acids is 2. The first-order valence-electron chi connectivity index (χ1n) is 36.0. The number of unbranched alkanes of at least 4 members (excludes halogenated alkanes) is 35. The second-order valence-electron chi connectivity index (χ2n) is 25.4. The minimum absolute atomic E-state index is 0.0309. The molecule has 0 aromatic rings. The van der Waals surface area contributed by atoms with E-state index < -0.39 is 26.6 Å². The Balaban J connectivity index is 5.10. The molecular weight excluding hydrogens is 1080 g/mol. The first-order chi connectivity index (χ1) is 41.9. The number of esters is 1. The zero-order chi connectivity index (χ0) is 62.8. The normalized spacial score (nSPS) is 14.1. The van der Waals surface area contributed by atoms with Gasteiger partial charge < -0.3 is 28.5 Å². The molecule has 0 heterocycles. The van der Waals surface area contributed by atoms with Crippen molar-refractivity contribution in [2.24, 2.45) is 0 Å². The predicted molar refractivity (Wildman–Crippen MR) is 371 cm³/mol. The van der Waals surface area contributed by atoms with E-state index in [0.717, 1.165) is 103 Å². The van der Waals surface area contributed by atoms with E-state index >= 15 is 0 Å². The van der Waals surface area contributed by atoms with Crippen LogP contribution >= 0.6 is 7.82 Å². The van der Waals surface area contributed by atoms with Crippen LogP contribution in [0.1, 0.15) is 323 Å². The standard InChI is InChI=1S/C76H137N2O7P/c1-7-10-13-16-19-22-25-28-30-32-34-36-38-39-41-43-45-47-49-51-54-57-60-63-66-69-76(80)85-74(67-64-61-58-55-52-27-24-21-18-15-12-9-3)73(72-84-86(81,82)83-71-70-78(4,5)6)77-75(79)68-65-62-59-56-53-50-48-46-44-42-40-37-35-33-31-29-26-23-20-17-14-11-8-2/h11,14,20,23,28-31,35,37,42,44,48,50,64,67,73-74H,7-10,12-13,15-19,21-22,24-27,32-34,36,38-41,43,45-47,49,51-63,65-66,68-72H2,1-6H3,(H-,77,79,81,82)/b14-11-,23-20-,30-28+,31-29-,37-35-,44-42-,50-48-,67-64+. The third-order valence-electron chi connectivity index (χ3n) is 15.7. The van der Waals surface area contributed by atoms with Crippen molar-refractivity contribution < 1.29 is 37.3 Å². The minimum Gasteiger partial charge on any atom is -0.756 e. The van der Waals surface area contributed by atoms with E-state index in [9.17, 15) is 19.0 Å². The molecule has 86 heavy (non-hydrogen) atoms. The highest BCUT2D eigenvalue weighted by Crippen LogP contribution is 2.38. The molecular formula is C76H137N2O7P. The number of nitrogens with one attached hydrogen (secondary N) is 1. The minimum atomic E-state index is -4.72. The summed E-state index contributed by atoms with van der Waals surface area (Å²) in [5, 5.41) is 3.03. The van der Waals surface area contributed by atoms with Gasteiger partial charge in [0.2, 0.25) is 5.91 Å². The Morgan fingerprint density at radius 3 is 1.13 bits per heavy atom. The summed E-state index contributed by atoms with van der Waals surface area (Å²) in [5.41, 5.74) is 0. The number of nitrogens with zero attached hydrogens (tertiary/aromatic N) is 1. The Kier molecular flexibility index (Phi) is 62.6. The Labute approximate surface area is 532 Å². The maximum atomic E-state index is 13.6. The first kappa shape index (κ1) is 82.9. The topological polar surface area (TPSA) is 114 Å². The third-order valence-corrected chi connectivity index (χ3v) is 16.7. The first-order valence-corrected chi connectivity index (χ1v) is 37.5. The summed E-state index contributed by atoms with van der Waals surface area (Å²) < 4.78 is 30.4. The summed E-state index contributed by atoms with van der Waals surface area (Å²) in [6.07, 6.45) is 88.2. The van der Waals surface area contributed by atoms with Crippen molar-refractivity contribution in [2.45, 2.75) is 335 Å². The maximum absolute atomic E-state index is 13.6. The molecule has 0 bridgehead atoms. The van der Waals surface area contributed by atoms with Crippen LogP contribution in [0.5, 0.6) is 0 Å². The van der Waals surface area contributed by atoms with Gasteiger partial charge in [-0.2, -0.15) is 0 Å². The number of likely N-dealkylation sites (N-methyl/N-ethyl adjacent to an activating group) is 1. The van der Waals surface area contributed by atoms with E-state index in [4.69, 9.17) is 13.8 Å². The molecule has 0 aliphatic carbocycles. The summed E-state index contributed by atoms with van der Waals surface area (Å²) in [7, 11) is 1.16. The zero-order valence-electron chi connectivity index (χ0n) is 57.0. The molecule has 1 amide bonds. The lowest BCUT2D eigenvalue weighted by Crippen LogP contribution is -2.47. The van der Waals surface area contributed by atoms with Crippen LogP contribution in [0.4, 0.5) is 0 Å². The van der Waals surface area contributed by atoms with Gasteiger partial charge in [0.15, 0.2) is 0 Å². The molecule has 0 rings (SSSR count). The lowest BCUT2D eigenvalue weighted by molar-refractivity contribution is -0.870. The second-order valence-corrected chi connectivity index (χ2v) is 26.8. The van der Waals surface area contributed by atoms with Crippen LogP contribution in [0.2, 0.25) is 0 Å². The Hall–Kier alpha value is -3.07. The van der Waals surface area contributed by atoms with E-state index in [1.54, 1.807) is 0 Å². The van der Waals surface area contributed by atoms with Gasteiger partial charge in [0.1, 0.15) is 19.3 Å². The van der Waals surface area contributed by atoms with Crippen LogP contribution in [0, 0.1) is 0 Å². The summed E-state index contributed by atoms with van der Waals surface area (Å²) in [4.78, 5) is 40.2. The molecule has 1 N–H and O–H groups in total. The number of amides is 1. The molecule has 0 aliphatic heterocycles. The van der Waals surface area contributed by atoms with Gasteiger partial charge in [0.05, 0.1) is 33.8 Å². The highest BCUT2D eigenvalue weighted by Gasteiger charge is 2.27.